The molecule has 2 aromatic heterocycles. The molecule has 0 bridgehead atoms. The quantitative estimate of drug-likeness (QED) is 0.906. The van der Waals surface area contributed by atoms with Gasteiger partial charge in [0.25, 0.3) is 11.6 Å². The molecule has 2 aromatic rings. The van der Waals surface area contributed by atoms with Crippen LogP contribution in [-0.2, 0) is 0 Å². The van der Waals surface area contributed by atoms with Crippen LogP contribution >= 0.6 is 0 Å². The van der Waals surface area contributed by atoms with E-state index in [0.29, 0.717) is 17.8 Å². The zero-order valence-electron chi connectivity index (χ0n) is 12.5. The average molecular weight is 320 g/mol. The maximum absolute atomic E-state index is 12.7. The monoisotopic (exact) mass is 320 g/mol. The standard InChI is InChI=1S/C15H14F2N4O2/c1-6(13(16)17)8-3-10(8)9-4-12(21-20-7(9)2)11-5-18-15(23)19-14(11)22/h4-5,8,10H,3H2,1-2H3,(H2,18,19,22,23)/t8-,10+/m1/s1. The fourth-order valence-electron chi connectivity index (χ4n) is 2.73. The molecule has 0 saturated heterocycles. The van der Waals surface area contributed by atoms with Crippen LogP contribution in [0.5, 0.6) is 0 Å². The highest BCUT2D eigenvalue weighted by Gasteiger charge is 2.42. The van der Waals surface area contributed by atoms with Gasteiger partial charge >= 0.3 is 5.69 Å². The number of H-pyrrole nitrogens is 2. The summed E-state index contributed by atoms with van der Waals surface area (Å²) in [4.78, 5) is 27.4. The van der Waals surface area contributed by atoms with Crippen LogP contribution < -0.4 is 11.2 Å². The van der Waals surface area contributed by atoms with Crippen LogP contribution in [0, 0.1) is 12.8 Å². The zero-order valence-corrected chi connectivity index (χ0v) is 12.5. The van der Waals surface area contributed by atoms with E-state index in [9.17, 15) is 18.4 Å². The molecule has 2 atom stereocenters. The Morgan fingerprint density at radius 1 is 1.30 bits per heavy atom. The highest BCUT2D eigenvalue weighted by atomic mass is 19.3. The van der Waals surface area contributed by atoms with Gasteiger partial charge in [-0.2, -0.15) is 13.9 Å². The van der Waals surface area contributed by atoms with Gasteiger partial charge in [0.15, 0.2) is 0 Å². The summed E-state index contributed by atoms with van der Waals surface area (Å²) in [5, 5.41) is 7.98. The lowest BCUT2D eigenvalue weighted by atomic mass is 10.0. The summed E-state index contributed by atoms with van der Waals surface area (Å²) in [5.74, 6) is -0.253. The summed E-state index contributed by atoms with van der Waals surface area (Å²) in [5.41, 5.74) is 0.835. The second-order valence-electron chi connectivity index (χ2n) is 5.65. The molecule has 0 amide bonds. The number of halogens is 2. The topological polar surface area (TPSA) is 91.5 Å². The molecule has 0 unspecified atom stereocenters. The molecular formula is C15H14F2N4O2. The first-order valence-corrected chi connectivity index (χ1v) is 7.07. The van der Waals surface area contributed by atoms with E-state index in [2.05, 4.69) is 20.2 Å². The second-order valence-corrected chi connectivity index (χ2v) is 5.65. The van der Waals surface area contributed by atoms with E-state index >= 15 is 0 Å². The van der Waals surface area contributed by atoms with Crippen molar-refractivity contribution < 1.29 is 8.78 Å². The van der Waals surface area contributed by atoms with E-state index in [1.54, 1.807) is 13.0 Å². The fraction of sp³-hybridized carbons (Fsp3) is 0.333. The third-order valence-electron chi connectivity index (χ3n) is 4.16. The van der Waals surface area contributed by atoms with Crippen LogP contribution in [0.4, 0.5) is 8.78 Å². The summed E-state index contributed by atoms with van der Waals surface area (Å²) in [7, 11) is 0. The minimum atomic E-state index is -1.64. The number of aromatic amines is 2. The number of rotatable bonds is 3. The Morgan fingerprint density at radius 2 is 2.04 bits per heavy atom. The minimum absolute atomic E-state index is 0.0485. The molecule has 23 heavy (non-hydrogen) atoms. The van der Waals surface area contributed by atoms with E-state index in [0.717, 1.165) is 5.56 Å². The largest absolute Gasteiger partial charge is 0.325 e. The smallest absolute Gasteiger partial charge is 0.313 e. The molecule has 0 aliphatic heterocycles. The van der Waals surface area contributed by atoms with Crippen molar-refractivity contribution in [3.63, 3.8) is 0 Å². The fourth-order valence-corrected chi connectivity index (χ4v) is 2.73. The van der Waals surface area contributed by atoms with Gasteiger partial charge in [0.2, 0.25) is 0 Å². The molecule has 0 spiro atoms. The van der Waals surface area contributed by atoms with Crippen molar-refractivity contribution in [2.75, 3.05) is 0 Å². The van der Waals surface area contributed by atoms with Crippen LogP contribution in [0.25, 0.3) is 11.3 Å². The van der Waals surface area contributed by atoms with Gasteiger partial charge < -0.3 is 4.98 Å². The second kappa shape index (κ2) is 5.53. The lowest BCUT2D eigenvalue weighted by Gasteiger charge is -2.06. The zero-order chi connectivity index (χ0) is 16.7. The molecule has 0 aromatic carbocycles. The first-order chi connectivity index (χ1) is 10.9. The van der Waals surface area contributed by atoms with Crippen LogP contribution in [-0.4, -0.2) is 20.2 Å². The predicted molar refractivity (Wildman–Crippen MR) is 79.2 cm³/mol. The van der Waals surface area contributed by atoms with E-state index in [-0.39, 0.29) is 23.0 Å². The van der Waals surface area contributed by atoms with Crippen LogP contribution in [0.3, 0.4) is 0 Å². The minimum Gasteiger partial charge on any atom is -0.313 e. The highest BCUT2D eigenvalue weighted by Crippen LogP contribution is 2.53. The molecule has 8 heteroatoms. The van der Waals surface area contributed by atoms with Gasteiger partial charge in [0, 0.05) is 6.20 Å². The summed E-state index contributed by atoms with van der Waals surface area (Å²) in [6.45, 7) is 3.18. The van der Waals surface area contributed by atoms with Gasteiger partial charge in [-0.3, -0.25) is 9.78 Å². The van der Waals surface area contributed by atoms with Gasteiger partial charge in [-0.15, -0.1) is 5.10 Å². The van der Waals surface area contributed by atoms with E-state index < -0.39 is 17.3 Å². The predicted octanol–water partition coefficient (Wildman–Crippen LogP) is 2.10. The number of allylic oxidation sites excluding steroid dienone is 1. The molecule has 1 aliphatic carbocycles. The Hall–Kier alpha value is -2.64. The van der Waals surface area contributed by atoms with Gasteiger partial charge in [-0.05, 0) is 49.3 Å². The third kappa shape index (κ3) is 2.84. The summed E-state index contributed by atoms with van der Waals surface area (Å²) >= 11 is 0. The van der Waals surface area contributed by atoms with Gasteiger partial charge in [0.1, 0.15) is 5.69 Å². The Balaban J connectivity index is 2.00. The SMILES string of the molecule is CC(=C(F)F)[C@H]1C[C@@H]1c1cc(-c2c[nH]c(=O)[nH]c2=O)nnc1C. The number of aromatic nitrogens is 4. The maximum atomic E-state index is 12.7. The molecule has 0 radical (unpaired) electrons. The summed E-state index contributed by atoms with van der Waals surface area (Å²) in [6.07, 6.45) is 0.243. The molecule has 120 valence electrons. The normalized spacial score (nSPS) is 19.5. The van der Waals surface area contributed by atoms with E-state index in [1.165, 1.54) is 13.1 Å². The van der Waals surface area contributed by atoms with Crippen molar-refractivity contribution in [3.8, 4) is 11.3 Å². The Bertz CT molecular complexity index is 912. The van der Waals surface area contributed by atoms with Crippen molar-refractivity contribution in [3.05, 3.63) is 56.0 Å². The number of aryl methyl sites for hydroxylation is 1. The highest BCUT2D eigenvalue weighted by molar-refractivity contribution is 5.57. The van der Waals surface area contributed by atoms with Crippen LogP contribution in [0.1, 0.15) is 30.5 Å². The van der Waals surface area contributed by atoms with Crippen LogP contribution in [0.15, 0.2) is 33.5 Å². The molecule has 2 heterocycles. The van der Waals surface area contributed by atoms with Crippen molar-refractivity contribution >= 4 is 0 Å². The first kappa shape index (κ1) is 15.3. The molecule has 1 aliphatic rings. The molecule has 6 nitrogen and oxygen atoms in total. The molecule has 2 N–H and O–H groups in total. The van der Waals surface area contributed by atoms with Gasteiger partial charge in [0.05, 0.1) is 11.3 Å². The molecular weight excluding hydrogens is 306 g/mol. The first-order valence-electron chi connectivity index (χ1n) is 7.07. The van der Waals surface area contributed by atoms with Crippen molar-refractivity contribution in [1.29, 1.82) is 0 Å². The lowest BCUT2D eigenvalue weighted by Crippen LogP contribution is -2.23. The third-order valence-corrected chi connectivity index (χ3v) is 4.16. The van der Waals surface area contributed by atoms with E-state index in [4.69, 9.17) is 0 Å². The number of hydrogen-bond donors (Lipinski definition) is 2. The maximum Gasteiger partial charge on any atom is 0.325 e. The van der Waals surface area contributed by atoms with Crippen molar-refractivity contribution in [2.45, 2.75) is 26.2 Å². The Kier molecular flexibility index (Phi) is 3.67. The van der Waals surface area contributed by atoms with Crippen molar-refractivity contribution in [2.24, 2.45) is 5.92 Å². The Labute approximate surface area is 129 Å². The van der Waals surface area contributed by atoms with Crippen molar-refractivity contribution in [1.82, 2.24) is 20.2 Å². The summed E-state index contributed by atoms with van der Waals surface area (Å²) in [6, 6.07) is 1.68. The van der Waals surface area contributed by atoms with E-state index in [1.807, 2.05) is 0 Å². The number of nitrogens with one attached hydrogen (secondary N) is 2. The lowest BCUT2D eigenvalue weighted by molar-refractivity contribution is 0.406. The number of nitrogens with zero attached hydrogens (tertiary/aromatic N) is 2. The Morgan fingerprint density at radius 3 is 2.70 bits per heavy atom. The molecule has 3 rings (SSSR count). The average Bonchev–Trinajstić information content (AvgIpc) is 3.27. The summed E-state index contributed by atoms with van der Waals surface area (Å²) < 4.78 is 25.4. The molecule has 1 saturated carbocycles. The molecule has 1 fully saturated rings. The van der Waals surface area contributed by atoms with Gasteiger partial charge in [-0.25, -0.2) is 4.79 Å². The van der Waals surface area contributed by atoms with Crippen LogP contribution in [0.2, 0.25) is 0 Å². The number of hydrogen-bond acceptors (Lipinski definition) is 4. The van der Waals surface area contributed by atoms with Gasteiger partial charge in [-0.1, -0.05) is 0 Å².